The van der Waals surface area contributed by atoms with Crippen molar-refractivity contribution < 1.29 is 4.74 Å². The molecule has 1 saturated carbocycles. The number of nitrogens with zero attached hydrogens (tertiary/aromatic N) is 5. The Morgan fingerprint density at radius 3 is 2.69 bits per heavy atom. The molecule has 0 bridgehead atoms. The maximum absolute atomic E-state index is 6.30. The Balaban J connectivity index is 1.49. The number of rotatable bonds is 4. The minimum absolute atomic E-state index is 0.0449. The zero-order valence-corrected chi connectivity index (χ0v) is 17.7. The summed E-state index contributed by atoms with van der Waals surface area (Å²) in [6.45, 7) is 8.54. The lowest BCUT2D eigenvalue weighted by atomic mass is 9.89. The molecule has 6 heteroatoms. The van der Waals surface area contributed by atoms with Crippen molar-refractivity contribution in [2.75, 3.05) is 0 Å². The molecule has 0 unspecified atom stereocenters. The Hall–Kier alpha value is -2.34. The third-order valence-corrected chi connectivity index (χ3v) is 6.08. The topological polar surface area (TPSA) is 65.7 Å². The van der Waals surface area contributed by atoms with Gasteiger partial charge in [0, 0.05) is 28.8 Å². The molecule has 152 valence electrons. The molecular weight excluding hydrogens is 362 g/mol. The van der Waals surface area contributed by atoms with Crippen LogP contribution < -0.4 is 0 Å². The van der Waals surface area contributed by atoms with Crippen LogP contribution in [-0.2, 0) is 4.74 Å². The molecule has 0 spiro atoms. The summed E-state index contributed by atoms with van der Waals surface area (Å²) in [7, 11) is 0. The summed E-state index contributed by atoms with van der Waals surface area (Å²) < 4.78 is 8.40. The van der Waals surface area contributed by atoms with Gasteiger partial charge in [0.1, 0.15) is 5.82 Å². The van der Waals surface area contributed by atoms with Gasteiger partial charge in [-0.05, 0) is 57.6 Å². The molecule has 0 aromatic carbocycles. The van der Waals surface area contributed by atoms with Gasteiger partial charge in [-0.2, -0.15) is 5.10 Å². The van der Waals surface area contributed by atoms with Crippen molar-refractivity contribution in [1.82, 2.24) is 24.7 Å². The average Bonchev–Trinajstić information content (AvgIpc) is 3.42. The molecule has 5 rings (SSSR count). The highest BCUT2D eigenvalue weighted by Crippen LogP contribution is 2.41. The molecule has 1 aliphatic heterocycles. The predicted molar refractivity (Wildman–Crippen MR) is 112 cm³/mol. The van der Waals surface area contributed by atoms with E-state index in [0.717, 1.165) is 41.1 Å². The fourth-order valence-electron chi connectivity index (χ4n) is 4.40. The van der Waals surface area contributed by atoms with E-state index in [1.54, 1.807) is 0 Å². The molecule has 3 aromatic heterocycles. The monoisotopic (exact) mass is 391 g/mol. The summed E-state index contributed by atoms with van der Waals surface area (Å²) in [5.74, 6) is 1.50. The van der Waals surface area contributed by atoms with E-state index in [1.165, 1.54) is 18.4 Å². The van der Waals surface area contributed by atoms with Crippen LogP contribution in [0.3, 0.4) is 0 Å². The molecule has 29 heavy (non-hydrogen) atoms. The highest BCUT2D eigenvalue weighted by Gasteiger charge is 2.33. The maximum atomic E-state index is 6.30. The Kier molecular flexibility index (Phi) is 4.62. The van der Waals surface area contributed by atoms with Crippen molar-refractivity contribution in [1.29, 1.82) is 0 Å². The summed E-state index contributed by atoms with van der Waals surface area (Å²) in [4.78, 5) is 14.6. The second-order valence-corrected chi connectivity index (χ2v) is 9.03. The third-order valence-electron chi connectivity index (χ3n) is 6.08. The first kappa shape index (κ1) is 18.7. The maximum Gasteiger partial charge on any atom is 0.163 e. The van der Waals surface area contributed by atoms with Gasteiger partial charge in [0.05, 0.1) is 30.1 Å². The first-order valence-corrected chi connectivity index (χ1v) is 10.8. The number of hydrogen-bond donors (Lipinski definition) is 0. The zero-order valence-electron chi connectivity index (χ0n) is 17.7. The van der Waals surface area contributed by atoms with E-state index in [2.05, 4.69) is 42.8 Å². The highest BCUT2D eigenvalue weighted by atomic mass is 16.5. The van der Waals surface area contributed by atoms with Gasteiger partial charge in [-0.15, -0.1) is 0 Å². The van der Waals surface area contributed by atoms with E-state index >= 15 is 0 Å². The number of hydrogen-bond acceptors (Lipinski definition) is 5. The van der Waals surface area contributed by atoms with Crippen molar-refractivity contribution in [3.05, 3.63) is 47.3 Å². The lowest BCUT2D eigenvalue weighted by molar-refractivity contribution is -0.0511. The fourth-order valence-corrected chi connectivity index (χ4v) is 4.40. The van der Waals surface area contributed by atoms with Crippen molar-refractivity contribution in [3.8, 4) is 0 Å². The average molecular weight is 392 g/mol. The van der Waals surface area contributed by atoms with Crippen LogP contribution in [0.5, 0.6) is 0 Å². The number of ether oxygens (including phenoxy) is 1. The molecule has 3 aromatic rings. The Morgan fingerprint density at radius 2 is 1.93 bits per heavy atom. The Bertz CT molecular complexity index is 1040. The van der Waals surface area contributed by atoms with Crippen LogP contribution in [0.1, 0.15) is 93.2 Å². The molecule has 1 aliphatic carbocycles. The summed E-state index contributed by atoms with van der Waals surface area (Å²) in [6, 6.07) is 4.74. The van der Waals surface area contributed by atoms with Crippen LogP contribution in [0.2, 0.25) is 0 Å². The second-order valence-electron chi connectivity index (χ2n) is 9.03. The molecule has 0 radical (unpaired) electrons. The number of aromatic nitrogens is 5. The van der Waals surface area contributed by atoms with Crippen LogP contribution in [0.25, 0.3) is 11.0 Å². The Labute approximate surface area is 171 Å². The van der Waals surface area contributed by atoms with E-state index < -0.39 is 0 Å². The van der Waals surface area contributed by atoms with E-state index in [-0.39, 0.29) is 18.1 Å². The van der Waals surface area contributed by atoms with Gasteiger partial charge in [-0.25, -0.2) is 15.0 Å². The van der Waals surface area contributed by atoms with Crippen LogP contribution in [-0.4, -0.2) is 30.8 Å². The first-order valence-electron chi connectivity index (χ1n) is 10.8. The van der Waals surface area contributed by atoms with Gasteiger partial charge < -0.3 is 4.74 Å². The minimum Gasteiger partial charge on any atom is -0.370 e. The molecule has 0 amide bonds. The van der Waals surface area contributed by atoms with Gasteiger partial charge in [0.15, 0.2) is 5.65 Å². The molecule has 2 fully saturated rings. The minimum atomic E-state index is 0.0449. The lowest BCUT2D eigenvalue weighted by Crippen LogP contribution is -2.26. The normalized spacial score (nSPS) is 25.1. The third kappa shape index (κ3) is 3.66. The van der Waals surface area contributed by atoms with Crippen molar-refractivity contribution in [2.24, 2.45) is 0 Å². The van der Waals surface area contributed by atoms with Gasteiger partial charge in [-0.1, -0.05) is 13.8 Å². The van der Waals surface area contributed by atoms with Crippen LogP contribution >= 0.6 is 0 Å². The number of aryl methyl sites for hydroxylation is 1. The van der Waals surface area contributed by atoms with Gasteiger partial charge in [0.2, 0.25) is 0 Å². The molecule has 2 aliphatic rings. The van der Waals surface area contributed by atoms with E-state index in [9.17, 15) is 0 Å². The summed E-state index contributed by atoms with van der Waals surface area (Å²) in [5, 5.41) is 5.63. The van der Waals surface area contributed by atoms with E-state index in [0.29, 0.717) is 12.0 Å². The lowest BCUT2D eigenvalue weighted by Gasteiger charge is -2.33. The summed E-state index contributed by atoms with van der Waals surface area (Å²) in [5.41, 5.74) is 4.07. The summed E-state index contributed by atoms with van der Waals surface area (Å²) >= 11 is 0. The smallest absolute Gasteiger partial charge is 0.163 e. The zero-order chi connectivity index (χ0) is 20.1. The van der Waals surface area contributed by atoms with Crippen molar-refractivity contribution in [2.45, 2.75) is 83.5 Å². The fraction of sp³-hybridized carbons (Fsp3) is 0.565. The number of pyridine rings is 1. The van der Waals surface area contributed by atoms with Gasteiger partial charge in [-0.3, -0.25) is 4.68 Å². The van der Waals surface area contributed by atoms with E-state index in [1.807, 2.05) is 19.2 Å². The molecule has 6 nitrogen and oxygen atoms in total. The predicted octanol–water partition coefficient (Wildman–Crippen LogP) is 5.01. The second kappa shape index (κ2) is 7.17. The molecule has 1 saturated heterocycles. The molecule has 0 N–H and O–H groups in total. The van der Waals surface area contributed by atoms with Gasteiger partial charge >= 0.3 is 0 Å². The Morgan fingerprint density at radius 1 is 1.10 bits per heavy atom. The standard InChI is InChI=1S/C23H29N5O/c1-13(2)21-19-8-5-14(3)25-23(19)27-22(26-21)16-9-15(4)29-20(10-16)17-11-24-28(12-17)18-6-7-18/h5,8,11-13,15-16,18,20H,6-7,9-10H2,1-4H3/t15-,16-,20+/m0/s1. The quantitative estimate of drug-likeness (QED) is 0.625. The largest absolute Gasteiger partial charge is 0.370 e. The molecular formula is C23H29N5O. The molecule has 4 heterocycles. The van der Waals surface area contributed by atoms with Gasteiger partial charge in [0.25, 0.3) is 0 Å². The van der Waals surface area contributed by atoms with Crippen LogP contribution in [0.4, 0.5) is 0 Å². The van der Waals surface area contributed by atoms with Crippen molar-refractivity contribution in [3.63, 3.8) is 0 Å². The molecule has 3 atom stereocenters. The number of fused-ring (bicyclic) bond motifs is 1. The van der Waals surface area contributed by atoms with E-state index in [4.69, 9.17) is 19.7 Å². The highest BCUT2D eigenvalue weighted by molar-refractivity contribution is 5.78. The summed E-state index contributed by atoms with van der Waals surface area (Å²) in [6.07, 6.45) is 8.64. The van der Waals surface area contributed by atoms with Crippen LogP contribution in [0.15, 0.2) is 24.5 Å². The van der Waals surface area contributed by atoms with Crippen molar-refractivity contribution >= 4 is 11.0 Å². The SMILES string of the molecule is Cc1ccc2c(C(C)C)nc([C@H]3C[C@H](C)O[C@@H](c4cnn(C5CC5)c4)C3)nc2n1. The first-order chi connectivity index (χ1) is 14.0. The van der Waals surface area contributed by atoms with Crippen LogP contribution in [0, 0.1) is 6.92 Å².